The number of carbonyl (C=O) groups is 1. The van der Waals surface area contributed by atoms with Gasteiger partial charge in [0.05, 0.1) is 11.8 Å². The van der Waals surface area contributed by atoms with Crippen molar-refractivity contribution in [2.45, 2.75) is 38.6 Å². The van der Waals surface area contributed by atoms with Crippen LogP contribution in [0.3, 0.4) is 0 Å². The molecule has 2 unspecified atom stereocenters. The van der Waals surface area contributed by atoms with Gasteiger partial charge in [-0.1, -0.05) is 6.92 Å². The Kier molecular flexibility index (Phi) is 6.26. The van der Waals surface area contributed by atoms with Gasteiger partial charge in [0.1, 0.15) is 9.84 Å². The highest BCUT2D eigenvalue weighted by molar-refractivity contribution is 7.91. The van der Waals surface area contributed by atoms with Gasteiger partial charge in [-0.25, -0.2) is 8.42 Å². The monoisotopic (exact) mass is 290 g/mol. The maximum absolute atomic E-state index is 11.9. The van der Waals surface area contributed by atoms with Crippen LogP contribution in [0.25, 0.3) is 0 Å². The fourth-order valence-electron chi connectivity index (χ4n) is 2.49. The van der Waals surface area contributed by atoms with E-state index in [4.69, 9.17) is 0 Å². The average molecular weight is 290 g/mol. The molecule has 0 aromatic heterocycles. The van der Waals surface area contributed by atoms with Gasteiger partial charge < -0.3 is 10.2 Å². The molecule has 112 valence electrons. The minimum atomic E-state index is -2.85. The molecule has 0 saturated carbocycles. The van der Waals surface area contributed by atoms with Gasteiger partial charge in [0, 0.05) is 19.8 Å². The number of hydrogen-bond acceptors (Lipinski definition) is 4. The highest BCUT2D eigenvalue weighted by Gasteiger charge is 2.27. The van der Waals surface area contributed by atoms with Crippen molar-refractivity contribution >= 4 is 15.7 Å². The van der Waals surface area contributed by atoms with E-state index >= 15 is 0 Å². The molecule has 1 N–H and O–H groups in total. The SMILES string of the molecule is CCS(=O)(=O)CCCC1CCNC(C(=O)N(C)C)C1. The molecule has 0 spiro atoms. The lowest BCUT2D eigenvalue weighted by molar-refractivity contribution is -0.131. The van der Waals surface area contributed by atoms with E-state index in [1.165, 1.54) is 0 Å². The zero-order chi connectivity index (χ0) is 14.5. The van der Waals surface area contributed by atoms with Crippen LogP contribution in [0.4, 0.5) is 0 Å². The predicted molar refractivity (Wildman–Crippen MR) is 76.8 cm³/mol. The Morgan fingerprint density at radius 1 is 1.37 bits per heavy atom. The summed E-state index contributed by atoms with van der Waals surface area (Å²) in [6.45, 7) is 2.53. The summed E-state index contributed by atoms with van der Waals surface area (Å²) in [5, 5.41) is 3.24. The summed E-state index contributed by atoms with van der Waals surface area (Å²) < 4.78 is 22.9. The third-order valence-electron chi connectivity index (χ3n) is 3.76. The number of nitrogens with one attached hydrogen (secondary N) is 1. The van der Waals surface area contributed by atoms with Crippen LogP contribution in [-0.4, -0.2) is 57.4 Å². The molecule has 0 aliphatic carbocycles. The first-order valence-electron chi connectivity index (χ1n) is 7.00. The summed E-state index contributed by atoms with van der Waals surface area (Å²) in [4.78, 5) is 13.5. The minimum Gasteiger partial charge on any atom is -0.347 e. The van der Waals surface area contributed by atoms with Crippen molar-refractivity contribution in [3.05, 3.63) is 0 Å². The molecule has 1 aliphatic rings. The third-order valence-corrected chi connectivity index (χ3v) is 5.55. The normalized spacial score (nSPS) is 24.2. The highest BCUT2D eigenvalue weighted by Crippen LogP contribution is 2.22. The molecular weight excluding hydrogens is 264 g/mol. The molecular formula is C13H26N2O3S. The Hall–Kier alpha value is -0.620. The number of likely N-dealkylation sites (N-methyl/N-ethyl adjacent to an activating group) is 1. The molecule has 1 aliphatic heterocycles. The molecule has 0 aromatic rings. The van der Waals surface area contributed by atoms with E-state index < -0.39 is 9.84 Å². The zero-order valence-electron chi connectivity index (χ0n) is 12.2. The summed E-state index contributed by atoms with van der Waals surface area (Å²) in [7, 11) is 0.676. The molecule has 1 saturated heterocycles. The Morgan fingerprint density at radius 2 is 2.05 bits per heavy atom. The maximum Gasteiger partial charge on any atom is 0.239 e. The van der Waals surface area contributed by atoms with Crippen molar-refractivity contribution in [1.29, 1.82) is 0 Å². The smallest absolute Gasteiger partial charge is 0.239 e. The quantitative estimate of drug-likeness (QED) is 0.780. The number of hydrogen-bond donors (Lipinski definition) is 1. The largest absolute Gasteiger partial charge is 0.347 e. The number of nitrogens with zero attached hydrogens (tertiary/aromatic N) is 1. The number of piperidine rings is 1. The van der Waals surface area contributed by atoms with Crippen LogP contribution in [0, 0.1) is 5.92 Å². The molecule has 19 heavy (non-hydrogen) atoms. The molecule has 1 heterocycles. The molecule has 5 nitrogen and oxygen atoms in total. The summed E-state index contributed by atoms with van der Waals surface area (Å²) >= 11 is 0. The summed E-state index contributed by atoms with van der Waals surface area (Å²) in [6, 6.07) is -0.100. The third kappa shape index (κ3) is 5.48. The van der Waals surface area contributed by atoms with Crippen molar-refractivity contribution in [3.63, 3.8) is 0 Å². The number of rotatable bonds is 6. The first-order valence-corrected chi connectivity index (χ1v) is 8.83. The second kappa shape index (κ2) is 7.24. The van der Waals surface area contributed by atoms with Crippen LogP contribution in [0.2, 0.25) is 0 Å². The van der Waals surface area contributed by atoms with Crippen LogP contribution in [0.15, 0.2) is 0 Å². The predicted octanol–water partition coefficient (Wildman–Crippen LogP) is 0.658. The minimum absolute atomic E-state index is 0.100. The van der Waals surface area contributed by atoms with Gasteiger partial charge in [0.15, 0.2) is 0 Å². The number of carbonyl (C=O) groups excluding carboxylic acids is 1. The Bertz CT molecular complexity index is 393. The van der Waals surface area contributed by atoms with Crippen LogP contribution in [0.1, 0.15) is 32.6 Å². The molecule has 0 aromatic carbocycles. The molecule has 1 fully saturated rings. The lowest BCUT2D eigenvalue weighted by Crippen LogP contribution is -2.48. The van der Waals surface area contributed by atoms with Crippen LogP contribution >= 0.6 is 0 Å². The van der Waals surface area contributed by atoms with Crippen molar-refractivity contribution in [2.24, 2.45) is 5.92 Å². The van der Waals surface area contributed by atoms with E-state index in [9.17, 15) is 13.2 Å². The molecule has 1 amide bonds. The lowest BCUT2D eigenvalue weighted by atomic mass is 9.88. The van der Waals surface area contributed by atoms with Crippen molar-refractivity contribution in [2.75, 3.05) is 32.1 Å². The Labute approximate surface area is 116 Å². The van der Waals surface area contributed by atoms with Crippen molar-refractivity contribution in [1.82, 2.24) is 10.2 Å². The van der Waals surface area contributed by atoms with Gasteiger partial charge in [-0.3, -0.25) is 4.79 Å². The first-order chi connectivity index (χ1) is 8.85. The Morgan fingerprint density at radius 3 is 2.63 bits per heavy atom. The standard InChI is InChI=1S/C13H26N2O3S/c1-4-19(17,18)9-5-6-11-7-8-14-12(10-11)13(16)15(2)3/h11-12,14H,4-10H2,1-3H3. The Balaban J connectivity index is 2.37. The summed E-state index contributed by atoms with van der Waals surface area (Å²) in [5.41, 5.74) is 0. The highest BCUT2D eigenvalue weighted by atomic mass is 32.2. The van der Waals surface area contributed by atoms with Gasteiger partial charge in [-0.2, -0.15) is 0 Å². The topological polar surface area (TPSA) is 66.5 Å². The van der Waals surface area contributed by atoms with Crippen LogP contribution in [-0.2, 0) is 14.6 Å². The van der Waals surface area contributed by atoms with E-state index in [2.05, 4.69) is 5.32 Å². The zero-order valence-corrected chi connectivity index (χ0v) is 13.0. The second-order valence-corrected chi connectivity index (χ2v) is 7.98. The van der Waals surface area contributed by atoms with Crippen molar-refractivity contribution < 1.29 is 13.2 Å². The first kappa shape index (κ1) is 16.4. The van der Waals surface area contributed by atoms with Gasteiger partial charge in [0.2, 0.25) is 5.91 Å². The van der Waals surface area contributed by atoms with Crippen LogP contribution in [0.5, 0.6) is 0 Å². The van der Waals surface area contributed by atoms with E-state index in [0.717, 1.165) is 25.8 Å². The van der Waals surface area contributed by atoms with Gasteiger partial charge in [-0.15, -0.1) is 0 Å². The average Bonchev–Trinajstić information content (AvgIpc) is 2.38. The van der Waals surface area contributed by atoms with Gasteiger partial charge in [-0.05, 0) is 38.1 Å². The van der Waals surface area contributed by atoms with E-state index in [1.54, 1.807) is 25.9 Å². The van der Waals surface area contributed by atoms with E-state index in [1.807, 2.05) is 0 Å². The fourth-order valence-corrected chi connectivity index (χ4v) is 3.39. The fraction of sp³-hybridized carbons (Fsp3) is 0.923. The van der Waals surface area contributed by atoms with E-state index in [-0.39, 0.29) is 23.5 Å². The van der Waals surface area contributed by atoms with Crippen LogP contribution < -0.4 is 5.32 Å². The van der Waals surface area contributed by atoms with Gasteiger partial charge in [0.25, 0.3) is 0 Å². The summed E-state index contributed by atoms with van der Waals surface area (Å²) in [5.74, 6) is 1.08. The lowest BCUT2D eigenvalue weighted by Gasteiger charge is -2.31. The molecule has 2 atom stereocenters. The molecule has 1 rings (SSSR count). The van der Waals surface area contributed by atoms with Gasteiger partial charge >= 0.3 is 0 Å². The number of sulfone groups is 1. The number of amides is 1. The second-order valence-electron chi connectivity index (χ2n) is 5.51. The maximum atomic E-state index is 11.9. The van der Waals surface area contributed by atoms with E-state index in [0.29, 0.717) is 12.3 Å². The molecule has 0 bridgehead atoms. The molecule has 0 radical (unpaired) electrons. The molecule has 6 heteroatoms. The summed E-state index contributed by atoms with van der Waals surface area (Å²) in [6.07, 6.45) is 3.47. The van der Waals surface area contributed by atoms with Crippen molar-refractivity contribution in [3.8, 4) is 0 Å².